The van der Waals surface area contributed by atoms with Crippen molar-refractivity contribution >= 4 is 17.5 Å². The summed E-state index contributed by atoms with van der Waals surface area (Å²) in [7, 11) is 0. The van der Waals surface area contributed by atoms with Crippen molar-refractivity contribution in [2.45, 2.75) is 19.9 Å². The third-order valence-corrected chi connectivity index (χ3v) is 3.04. The number of nitrogens with one attached hydrogen (secondary N) is 1. The van der Waals surface area contributed by atoms with Crippen LogP contribution in [0.4, 0.5) is 0 Å². The lowest BCUT2D eigenvalue weighted by molar-refractivity contribution is -0.131. The number of rotatable bonds is 3. The highest BCUT2D eigenvalue weighted by Crippen LogP contribution is 2.31. The first-order valence-electron chi connectivity index (χ1n) is 5.43. The Kier molecular flexibility index (Phi) is 2.79. The Labute approximate surface area is 99.0 Å². The number of carbonyl (C=O) groups excluding carboxylic acids is 3. The van der Waals surface area contributed by atoms with Crippen LogP contribution in [0.5, 0.6) is 0 Å². The van der Waals surface area contributed by atoms with Crippen molar-refractivity contribution in [3.05, 3.63) is 35.4 Å². The monoisotopic (exact) mass is 231 g/mol. The third-order valence-electron chi connectivity index (χ3n) is 3.04. The van der Waals surface area contributed by atoms with Crippen molar-refractivity contribution in [2.75, 3.05) is 0 Å². The van der Waals surface area contributed by atoms with Gasteiger partial charge in [0, 0.05) is 5.56 Å². The maximum absolute atomic E-state index is 11.7. The van der Waals surface area contributed by atoms with Gasteiger partial charge in [-0.05, 0) is 25.5 Å². The van der Waals surface area contributed by atoms with Gasteiger partial charge in [-0.2, -0.15) is 0 Å². The average Bonchev–Trinajstić information content (AvgIpc) is 2.56. The highest BCUT2D eigenvalue weighted by Gasteiger charge is 2.38. The quantitative estimate of drug-likeness (QED) is 0.797. The number of amides is 1. The predicted molar refractivity (Wildman–Crippen MR) is 61.5 cm³/mol. The zero-order valence-electron chi connectivity index (χ0n) is 9.69. The molecule has 1 aromatic carbocycles. The van der Waals surface area contributed by atoms with E-state index in [0.717, 1.165) is 5.56 Å². The summed E-state index contributed by atoms with van der Waals surface area (Å²) < 4.78 is 0. The fourth-order valence-electron chi connectivity index (χ4n) is 2.29. The molecule has 0 bridgehead atoms. The normalized spacial score (nSPS) is 17.8. The molecule has 2 rings (SSSR count). The standard InChI is InChI=1S/C13H13NO3/c1-7(15)11(8(2)16)12-9-5-3-4-6-10(9)13(17)14-12/h3-6,11-12H,1-2H3,(H,14,17). The minimum atomic E-state index is -0.789. The molecule has 1 aliphatic rings. The molecule has 0 saturated carbocycles. The van der Waals surface area contributed by atoms with E-state index in [2.05, 4.69) is 5.32 Å². The molecule has 1 heterocycles. The molecule has 0 radical (unpaired) electrons. The lowest BCUT2D eigenvalue weighted by Gasteiger charge is -2.19. The van der Waals surface area contributed by atoms with Crippen LogP contribution >= 0.6 is 0 Å². The molecule has 1 aromatic rings. The molecular formula is C13H13NO3. The number of hydrogen-bond donors (Lipinski definition) is 1. The van der Waals surface area contributed by atoms with E-state index < -0.39 is 12.0 Å². The molecule has 17 heavy (non-hydrogen) atoms. The van der Waals surface area contributed by atoms with E-state index in [4.69, 9.17) is 0 Å². The van der Waals surface area contributed by atoms with Gasteiger partial charge < -0.3 is 5.32 Å². The van der Waals surface area contributed by atoms with Crippen LogP contribution in [0.2, 0.25) is 0 Å². The smallest absolute Gasteiger partial charge is 0.252 e. The number of Topliss-reactive ketones (excluding diaryl/α,β-unsaturated/α-hetero) is 2. The van der Waals surface area contributed by atoms with Crippen molar-refractivity contribution < 1.29 is 14.4 Å². The lowest BCUT2D eigenvalue weighted by Crippen LogP contribution is -2.34. The molecule has 1 N–H and O–H groups in total. The van der Waals surface area contributed by atoms with E-state index in [1.54, 1.807) is 24.3 Å². The number of fused-ring (bicyclic) bond motifs is 1. The van der Waals surface area contributed by atoms with Gasteiger partial charge in [0.15, 0.2) is 0 Å². The molecule has 0 saturated heterocycles. The first kappa shape index (κ1) is 11.5. The van der Waals surface area contributed by atoms with Gasteiger partial charge in [0.05, 0.1) is 6.04 Å². The summed E-state index contributed by atoms with van der Waals surface area (Å²) in [6, 6.07) is 6.51. The Morgan fingerprint density at radius 1 is 1.18 bits per heavy atom. The topological polar surface area (TPSA) is 63.2 Å². The zero-order chi connectivity index (χ0) is 12.6. The minimum Gasteiger partial charge on any atom is -0.344 e. The van der Waals surface area contributed by atoms with E-state index in [-0.39, 0.29) is 17.5 Å². The molecule has 4 nitrogen and oxygen atoms in total. The van der Waals surface area contributed by atoms with Crippen LogP contribution in [0.25, 0.3) is 0 Å². The fraction of sp³-hybridized carbons (Fsp3) is 0.308. The van der Waals surface area contributed by atoms with Crippen LogP contribution in [0.3, 0.4) is 0 Å². The van der Waals surface area contributed by atoms with Gasteiger partial charge in [0.25, 0.3) is 5.91 Å². The lowest BCUT2D eigenvalue weighted by atomic mass is 9.88. The van der Waals surface area contributed by atoms with Crippen molar-refractivity contribution in [1.82, 2.24) is 5.32 Å². The molecule has 1 unspecified atom stereocenters. The second-order valence-electron chi connectivity index (χ2n) is 4.24. The van der Waals surface area contributed by atoms with E-state index in [1.165, 1.54) is 13.8 Å². The fourth-order valence-corrected chi connectivity index (χ4v) is 2.29. The summed E-state index contributed by atoms with van der Waals surface area (Å²) in [6.07, 6.45) is 0. The van der Waals surface area contributed by atoms with E-state index in [0.29, 0.717) is 5.56 Å². The van der Waals surface area contributed by atoms with Crippen LogP contribution in [0.1, 0.15) is 35.8 Å². The van der Waals surface area contributed by atoms with E-state index in [1.807, 2.05) is 0 Å². The summed E-state index contributed by atoms with van der Waals surface area (Å²) in [5, 5.41) is 2.70. The van der Waals surface area contributed by atoms with Gasteiger partial charge in [0.1, 0.15) is 17.5 Å². The van der Waals surface area contributed by atoms with Crippen LogP contribution < -0.4 is 5.32 Å². The largest absolute Gasteiger partial charge is 0.344 e. The number of hydrogen-bond acceptors (Lipinski definition) is 3. The average molecular weight is 231 g/mol. The van der Waals surface area contributed by atoms with Crippen LogP contribution in [-0.2, 0) is 9.59 Å². The highest BCUT2D eigenvalue weighted by atomic mass is 16.2. The number of ketones is 2. The van der Waals surface area contributed by atoms with Crippen LogP contribution in [0.15, 0.2) is 24.3 Å². The Bertz CT molecular complexity index is 493. The highest BCUT2D eigenvalue weighted by molar-refractivity contribution is 6.05. The molecule has 1 aliphatic heterocycles. The van der Waals surface area contributed by atoms with Gasteiger partial charge in [-0.15, -0.1) is 0 Å². The molecule has 4 heteroatoms. The summed E-state index contributed by atoms with van der Waals surface area (Å²) >= 11 is 0. The molecule has 88 valence electrons. The van der Waals surface area contributed by atoms with Crippen LogP contribution in [0, 0.1) is 5.92 Å². The SMILES string of the molecule is CC(=O)C(C(C)=O)C1NC(=O)c2ccccc21. The molecule has 0 fully saturated rings. The maximum Gasteiger partial charge on any atom is 0.252 e. The van der Waals surface area contributed by atoms with Gasteiger partial charge in [-0.25, -0.2) is 0 Å². The minimum absolute atomic E-state index is 0.223. The van der Waals surface area contributed by atoms with Gasteiger partial charge in [-0.1, -0.05) is 18.2 Å². The van der Waals surface area contributed by atoms with Gasteiger partial charge >= 0.3 is 0 Å². The number of benzene rings is 1. The predicted octanol–water partition coefficient (Wildman–Crippen LogP) is 1.27. The van der Waals surface area contributed by atoms with Crippen molar-refractivity contribution in [1.29, 1.82) is 0 Å². The first-order valence-corrected chi connectivity index (χ1v) is 5.43. The van der Waals surface area contributed by atoms with Crippen molar-refractivity contribution in [2.24, 2.45) is 5.92 Å². The van der Waals surface area contributed by atoms with Gasteiger partial charge in [-0.3, -0.25) is 14.4 Å². The van der Waals surface area contributed by atoms with Crippen molar-refractivity contribution in [3.8, 4) is 0 Å². The Morgan fingerprint density at radius 3 is 2.35 bits per heavy atom. The summed E-state index contributed by atoms with van der Waals surface area (Å²) in [4.78, 5) is 34.7. The van der Waals surface area contributed by atoms with Crippen LogP contribution in [-0.4, -0.2) is 17.5 Å². The first-order chi connectivity index (χ1) is 8.02. The van der Waals surface area contributed by atoms with E-state index in [9.17, 15) is 14.4 Å². The second kappa shape index (κ2) is 4.13. The Hall–Kier alpha value is -1.97. The summed E-state index contributed by atoms with van der Waals surface area (Å²) in [5.41, 5.74) is 1.28. The van der Waals surface area contributed by atoms with E-state index >= 15 is 0 Å². The molecule has 1 atom stereocenters. The van der Waals surface area contributed by atoms with Crippen molar-refractivity contribution in [3.63, 3.8) is 0 Å². The molecule has 0 aromatic heterocycles. The Morgan fingerprint density at radius 2 is 1.76 bits per heavy atom. The number of carbonyl (C=O) groups is 3. The zero-order valence-corrected chi connectivity index (χ0v) is 9.69. The maximum atomic E-state index is 11.7. The van der Waals surface area contributed by atoms with Gasteiger partial charge in [0.2, 0.25) is 0 Å². The third kappa shape index (κ3) is 1.86. The molecule has 1 amide bonds. The molecule has 0 aliphatic carbocycles. The Balaban J connectivity index is 2.46. The molecular weight excluding hydrogens is 218 g/mol. The molecule has 0 spiro atoms. The summed E-state index contributed by atoms with van der Waals surface area (Å²) in [5.74, 6) is -1.46. The summed E-state index contributed by atoms with van der Waals surface area (Å²) in [6.45, 7) is 2.75. The second-order valence-corrected chi connectivity index (χ2v) is 4.24.